The van der Waals surface area contributed by atoms with E-state index in [2.05, 4.69) is 24.9 Å². The first kappa shape index (κ1) is 14.0. The van der Waals surface area contributed by atoms with Crippen molar-refractivity contribution in [3.8, 4) is 5.75 Å². The second-order valence-electron chi connectivity index (χ2n) is 4.37. The molecule has 0 aliphatic rings. The van der Waals surface area contributed by atoms with Gasteiger partial charge in [0.2, 0.25) is 0 Å². The molecule has 0 spiro atoms. The van der Waals surface area contributed by atoms with Gasteiger partial charge in [-0.3, -0.25) is 4.98 Å². The normalized spacial score (nSPS) is 12.4. The van der Waals surface area contributed by atoms with Crippen molar-refractivity contribution in [2.75, 3.05) is 6.61 Å². The molecule has 0 aromatic carbocycles. The monoisotopic (exact) mass is 277 g/mol. The van der Waals surface area contributed by atoms with Gasteiger partial charge < -0.3 is 9.84 Å². The Balaban J connectivity index is 2.21. The Bertz CT molecular complexity index is 524. The van der Waals surface area contributed by atoms with Crippen LogP contribution >= 0.6 is 11.3 Å². The van der Waals surface area contributed by atoms with Crippen molar-refractivity contribution in [3.63, 3.8) is 0 Å². The largest absolute Gasteiger partial charge is 0.492 e. The maximum Gasteiger partial charge on any atom is 0.137 e. The van der Waals surface area contributed by atoms with Crippen LogP contribution in [0.1, 0.15) is 42.4 Å². The maximum atomic E-state index is 10.5. The average molecular weight is 277 g/mol. The summed E-state index contributed by atoms with van der Waals surface area (Å²) in [5.41, 5.74) is 1.98. The third-order valence-electron chi connectivity index (χ3n) is 2.93. The van der Waals surface area contributed by atoms with E-state index in [1.54, 1.807) is 23.7 Å². The first-order valence-electron chi connectivity index (χ1n) is 6.58. The zero-order valence-corrected chi connectivity index (χ0v) is 12.1. The number of ether oxygens (including phenoxy) is 1. The van der Waals surface area contributed by atoms with Crippen LogP contribution in [-0.2, 0) is 6.42 Å². The summed E-state index contributed by atoms with van der Waals surface area (Å²) in [5.74, 6) is 0.716. The number of aliphatic hydroxyl groups excluding tert-OH is 1. The number of thiophene rings is 1. The van der Waals surface area contributed by atoms with Crippen LogP contribution in [0, 0.1) is 0 Å². The molecule has 19 heavy (non-hydrogen) atoms. The number of pyridine rings is 1. The van der Waals surface area contributed by atoms with Crippen LogP contribution < -0.4 is 4.74 Å². The lowest BCUT2D eigenvalue weighted by molar-refractivity contribution is 0.221. The standard InChI is InChI=1S/C15H19NO2S/c1-3-6-18-13-8-12(9-16-10-13)14(17)15-11(4-2)5-7-19-15/h5,7-10,14,17H,3-4,6H2,1-2H3. The number of nitrogens with zero attached hydrogens (tertiary/aromatic N) is 1. The SMILES string of the molecule is CCCOc1cncc(C(O)c2sccc2CC)c1. The van der Waals surface area contributed by atoms with E-state index in [1.165, 1.54) is 5.56 Å². The number of aromatic nitrogens is 1. The zero-order valence-electron chi connectivity index (χ0n) is 11.3. The molecule has 0 amide bonds. The molecule has 2 aromatic rings. The molecule has 0 aliphatic heterocycles. The minimum Gasteiger partial charge on any atom is -0.492 e. The molecule has 0 saturated heterocycles. The number of aryl methyl sites for hydroxylation is 1. The molecule has 2 rings (SSSR count). The highest BCUT2D eigenvalue weighted by Gasteiger charge is 2.16. The van der Waals surface area contributed by atoms with Gasteiger partial charge in [-0.15, -0.1) is 11.3 Å². The van der Waals surface area contributed by atoms with Crippen LogP contribution in [0.15, 0.2) is 29.9 Å². The van der Waals surface area contributed by atoms with Crippen molar-refractivity contribution in [1.82, 2.24) is 4.98 Å². The smallest absolute Gasteiger partial charge is 0.137 e. The molecule has 4 heteroatoms. The molecule has 0 bridgehead atoms. The molecule has 0 fully saturated rings. The Labute approximate surface area is 117 Å². The fourth-order valence-electron chi connectivity index (χ4n) is 1.91. The summed E-state index contributed by atoms with van der Waals surface area (Å²) in [5, 5.41) is 12.5. The number of rotatable bonds is 6. The highest BCUT2D eigenvalue weighted by Crippen LogP contribution is 2.31. The van der Waals surface area contributed by atoms with Gasteiger partial charge in [-0.2, -0.15) is 0 Å². The molecular weight excluding hydrogens is 258 g/mol. The lowest BCUT2D eigenvalue weighted by Crippen LogP contribution is -2.02. The van der Waals surface area contributed by atoms with Crippen LogP contribution in [0.3, 0.4) is 0 Å². The summed E-state index contributed by atoms with van der Waals surface area (Å²) in [6.07, 6.45) is 4.64. The molecule has 102 valence electrons. The quantitative estimate of drug-likeness (QED) is 0.877. The van der Waals surface area contributed by atoms with Crippen LogP contribution in [0.5, 0.6) is 5.75 Å². The summed E-state index contributed by atoms with van der Waals surface area (Å²) in [7, 11) is 0. The molecule has 2 aromatic heterocycles. The fraction of sp³-hybridized carbons (Fsp3) is 0.400. The summed E-state index contributed by atoms with van der Waals surface area (Å²) in [6, 6.07) is 3.93. The van der Waals surface area contributed by atoms with Crippen LogP contribution in [0.2, 0.25) is 0 Å². The first-order chi connectivity index (χ1) is 9.26. The van der Waals surface area contributed by atoms with Crippen LogP contribution in [0.25, 0.3) is 0 Å². The second-order valence-corrected chi connectivity index (χ2v) is 5.32. The van der Waals surface area contributed by atoms with Gasteiger partial charge in [-0.1, -0.05) is 13.8 Å². The molecule has 0 aliphatic carbocycles. The van der Waals surface area contributed by atoms with E-state index in [-0.39, 0.29) is 0 Å². The molecule has 1 atom stereocenters. The predicted octanol–water partition coefficient (Wildman–Crippen LogP) is 3.58. The van der Waals surface area contributed by atoms with Crippen molar-refractivity contribution in [1.29, 1.82) is 0 Å². The van der Waals surface area contributed by atoms with Crippen molar-refractivity contribution < 1.29 is 9.84 Å². The van der Waals surface area contributed by atoms with Crippen LogP contribution in [0.4, 0.5) is 0 Å². The van der Waals surface area contributed by atoms with E-state index in [9.17, 15) is 5.11 Å². The number of hydrogen-bond acceptors (Lipinski definition) is 4. The summed E-state index contributed by atoms with van der Waals surface area (Å²) >= 11 is 1.58. The lowest BCUT2D eigenvalue weighted by atomic mass is 10.1. The van der Waals surface area contributed by atoms with Gasteiger partial charge in [0.05, 0.1) is 12.8 Å². The fourth-order valence-corrected chi connectivity index (χ4v) is 2.92. The number of hydrogen-bond donors (Lipinski definition) is 1. The van der Waals surface area contributed by atoms with Crippen molar-refractivity contribution in [3.05, 3.63) is 45.9 Å². The number of aliphatic hydroxyl groups is 1. The molecule has 1 unspecified atom stereocenters. The molecule has 3 nitrogen and oxygen atoms in total. The Morgan fingerprint density at radius 1 is 1.37 bits per heavy atom. The van der Waals surface area contributed by atoms with E-state index in [0.29, 0.717) is 12.4 Å². The molecule has 0 saturated carbocycles. The Kier molecular flexibility index (Phi) is 4.93. The van der Waals surface area contributed by atoms with Gasteiger partial charge in [0.25, 0.3) is 0 Å². The zero-order chi connectivity index (χ0) is 13.7. The predicted molar refractivity (Wildman–Crippen MR) is 77.8 cm³/mol. The van der Waals surface area contributed by atoms with Crippen molar-refractivity contribution >= 4 is 11.3 Å². The molecule has 2 heterocycles. The maximum absolute atomic E-state index is 10.5. The second kappa shape index (κ2) is 6.68. The highest BCUT2D eigenvalue weighted by molar-refractivity contribution is 7.10. The first-order valence-corrected chi connectivity index (χ1v) is 7.46. The van der Waals surface area contributed by atoms with Gasteiger partial charge in [0.15, 0.2) is 0 Å². The molecule has 0 radical (unpaired) electrons. The lowest BCUT2D eigenvalue weighted by Gasteiger charge is -2.12. The minimum atomic E-state index is -0.618. The van der Waals surface area contributed by atoms with E-state index in [0.717, 1.165) is 23.3 Å². The summed E-state index contributed by atoms with van der Waals surface area (Å²) in [4.78, 5) is 5.14. The van der Waals surface area contributed by atoms with Crippen molar-refractivity contribution in [2.24, 2.45) is 0 Å². The van der Waals surface area contributed by atoms with Gasteiger partial charge in [0.1, 0.15) is 11.9 Å². The van der Waals surface area contributed by atoms with Gasteiger partial charge in [-0.25, -0.2) is 0 Å². The molecule has 1 N–H and O–H groups in total. The minimum absolute atomic E-state index is 0.618. The van der Waals surface area contributed by atoms with Crippen LogP contribution in [-0.4, -0.2) is 16.7 Å². The third kappa shape index (κ3) is 3.33. The van der Waals surface area contributed by atoms with E-state index >= 15 is 0 Å². The topological polar surface area (TPSA) is 42.4 Å². The van der Waals surface area contributed by atoms with E-state index in [4.69, 9.17) is 4.74 Å². The third-order valence-corrected chi connectivity index (χ3v) is 3.94. The van der Waals surface area contributed by atoms with Gasteiger partial charge >= 0.3 is 0 Å². The van der Waals surface area contributed by atoms with E-state index < -0.39 is 6.10 Å². The highest BCUT2D eigenvalue weighted by atomic mass is 32.1. The van der Waals surface area contributed by atoms with Gasteiger partial charge in [0, 0.05) is 16.6 Å². The Morgan fingerprint density at radius 3 is 2.95 bits per heavy atom. The summed E-state index contributed by atoms with van der Waals surface area (Å²) in [6.45, 7) is 4.82. The Hall–Kier alpha value is -1.39. The average Bonchev–Trinajstić information content (AvgIpc) is 2.93. The van der Waals surface area contributed by atoms with Gasteiger partial charge in [-0.05, 0) is 35.9 Å². The Morgan fingerprint density at radius 2 is 2.21 bits per heavy atom. The summed E-state index contributed by atoms with van der Waals surface area (Å²) < 4.78 is 5.55. The van der Waals surface area contributed by atoms with Crippen molar-refractivity contribution in [2.45, 2.75) is 32.8 Å². The molecular formula is C15H19NO2S. The van der Waals surface area contributed by atoms with E-state index in [1.807, 2.05) is 11.4 Å².